The lowest BCUT2D eigenvalue weighted by Crippen LogP contribution is -2.47. The van der Waals surface area contributed by atoms with Gasteiger partial charge in [0, 0.05) is 10.8 Å². The SMILES string of the molecule is CCCNC(Cc1cccc(Cl)c1F)C1(C)CCCS1. The topological polar surface area (TPSA) is 12.0 Å². The first-order valence-electron chi connectivity index (χ1n) is 7.37. The van der Waals surface area contributed by atoms with Crippen molar-refractivity contribution >= 4 is 23.4 Å². The van der Waals surface area contributed by atoms with Crippen LogP contribution in [-0.2, 0) is 6.42 Å². The van der Waals surface area contributed by atoms with Gasteiger partial charge in [-0.2, -0.15) is 11.8 Å². The molecule has 112 valence electrons. The number of rotatable bonds is 6. The fourth-order valence-electron chi connectivity index (χ4n) is 2.82. The maximum atomic E-state index is 14.1. The smallest absolute Gasteiger partial charge is 0.145 e. The van der Waals surface area contributed by atoms with Crippen molar-refractivity contribution in [1.29, 1.82) is 0 Å². The van der Waals surface area contributed by atoms with E-state index in [0.717, 1.165) is 18.5 Å². The zero-order valence-corrected chi connectivity index (χ0v) is 13.8. The van der Waals surface area contributed by atoms with Crippen molar-refractivity contribution in [1.82, 2.24) is 5.32 Å². The molecule has 1 heterocycles. The van der Waals surface area contributed by atoms with Crippen LogP contribution >= 0.6 is 23.4 Å². The largest absolute Gasteiger partial charge is 0.312 e. The van der Waals surface area contributed by atoms with Gasteiger partial charge in [-0.25, -0.2) is 4.39 Å². The highest BCUT2D eigenvalue weighted by Crippen LogP contribution is 2.41. The van der Waals surface area contributed by atoms with Crippen molar-refractivity contribution in [3.05, 3.63) is 34.6 Å². The Balaban J connectivity index is 2.16. The highest BCUT2D eigenvalue weighted by Gasteiger charge is 2.37. The Morgan fingerprint density at radius 3 is 2.95 bits per heavy atom. The van der Waals surface area contributed by atoms with Crippen LogP contribution in [-0.4, -0.2) is 23.1 Å². The zero-order valence-electron chi connectivity index (χ0n) is 12.2. The first-order chi connectivity index (χ1) is 9.57. The molecule has 1 nitrogen and oxygen atoms in total. The van der Waals surface area contributed by atoms with Gasteiger partial charge in [0.2, 0.25) is 0 Å². The summed E-state index contributed by atoms with van der Waals surface area (Å²) in [5.74, 6) is 0.947. The van der Waals surface area contributed by atoms with Gasteiger partial charge in [0.15, 0.2) is 0 Å². The Kier molecular flexibility index (Phi) is 5.76. The van der Waals surface area contributed by atoms with Gasteiger partial charge in [-0.15, -0.1) is 0 Å². The lowest BCUT2D eigenvalue weighted by molar-refractivity contribution is 0.394. The van der Waals surface area contributed by atoms with Crippen molar-refractivity contribution in [3.8, 4) is 0 Å². The van der Waals surface area contributed by atoms with Crippen LogP contribution in [0.1, 0.15) is 38.7 Å². The van der Waals surface area contributed by atoms with E-state index in [-0.39, 0.29) is 15.6 Å². The van der Waals surface area contributed by atoms with E-state index >= 15 is 0 Å². The molecule has 1 aromatic carbocycles. The van der Waals surface area contributed by atoms with E-state index in [2.05, 4.69) is 19.2 Å². The van der Waals surface area contributed by atoms with E-state index in [1.54, 1.807) is 6.07 Å². The van der Waals surface area contributed by atoms with Crippen molar-refractivity contribution in [2.75, 3.05) is 12.3 Å². The quantitative estimate of drug-likeness (QED) is 0.818. The van der Waals surface area contributed by atoms with Crippen LogP contribution in [0.5, 0.6) is 0 Å². The Morgan fingerprint density at radius 2 is 2.30 bits per heavy atom. The molecular formula is C16H23ClFNS. The standard InChI is InChI=1S/C16H23ClFNS/c1-3-9-19-14(16(2)8-5-10-20-16)11-12-6-4-7-13(17)15(12)18/h4,6-7,14,19H,3,5,8-11H2,1-2H3. The monoisotopic (exact) mass is 315 g/mol. The predicted octanol–water partition coefficient (Wildman–Crippen LogP) is 4.68. The van der Waals surface area contributed by atoms with Gasteiger partial charge < -0.3 is 5.32 Å². The van der Waals surface area contributed by atoms with Crippen LogP contribution < -0.4 is 5.32 Å². The molecule has 0 radical (unpaired) electrons. The summed E-state index contributed by atoms with van der Waals surface area (Å²) in [5.41, 5.74) is 0.722. The molecule has 0 aliphatic carbocycles. The zero-order chi connectivity index (χ0) is 14.6. The molecule has 4 heteroatoms. The third-order valence-electron chi connectivity index (χ3n) is 4.08. The highest BCUT2D eigenvalue weighted by molar-refractivity contribution is 8.00. The van der Waals surface area contributed by atoms with Crippen molar-refractivity contribution in [2.45, 2.75) is 50.3 Å². The van der Waals surface area contributed by atoms with E-state index in [1.165, 1.54) is 18.6 Å². The molecule has 1 aliphatic rings. The molecule has 0 bridgehead atoms. The third kappa shape index (κ3) is 3.69. The second kappa shape index (κ2) is 7.15. The van der Waals surface area contributed by atoms with E-state index in [4.69, 9.17) is 11.6 Å². The molecule has 1 saturated heterocycles. The van der Waals surface area contributed by atoms with E-state index < -0.39 is 0 Å². The van der Waals surface area contributed by atoms with Crippen LogP contribution in [0, 0.1) is 5.82 Å². The van der Waals surface area contributed by atoms with Crippen LogP contribution in [0.3, 0.4) is 0 Å². The number of hydrogen-bond donors (Lipinski definition) is 1. The Morgan fingerprint density at radius 1 is 1.50 bits per heavy atom. The molecule has 2 atom stereocenters. The average molecular weight is 316 g/mol. The molecule has 1 N–H and O–H groups in total. The van der Waals surface area contributed by atoms with Gasteiger partial charge in [0.05, 0.1) is 5.02 Å². The number of benzene rings is 1. The Labute approximate surface area is 130 Å². The maximum Gasteiger partial charge on any atom is 0.145 e. The van der Waals surface area contributed by atoms with Crippen molar-refractivity contribution in [3.63, 3.8) is 0 Å². The van der Waals surface area contributed by atoms with E-state index in [1.807, 2.05) is 23.9 Å². The lowest BCUT2D eigenvalue weighted by atomic mass is 9.90. The van der Waals surface area contributed by atoms with E-state index in [9.17, 15) is 4.39 Å². The van der Waals surface area contributed by atoms with E-state index in [0.29, 0.717) is 12.5 Å². The summed E-state index contributed by atoms with van der Waals surface area (Å²) in [4.78, 5) is 0. The average Bonchev–Trinajstić information content (AvgIpc) is 2.87. The molecule has 1 aliphatic heterocycles. The summed E-state index contributed by atoms with van der Waals surface area (Å²) < 4.78 is 14.3. The molecule has 0 aromatic heterocycles. The number of thioether (sulfide) groups is 1. The number of hydrogen-bond acceptors (Lipinski definition) is 2. The fourth-order valence-corrected chi connectivity index (χ4v) is 4.43. The van der Waals surface area contributed by atoms with Crippen LogP contribution in [0.15, 0.2) is 18.2 Å². The minimum Gasteiger partial charge on any atom is -0.312 e. The molecule has 1 fully saturated rings. The summed E-state index contributed by atoms with van der Waals surface area (Å²) in [6.45, 7) is 5.44. The summed E-state index contributed by atoms with van der Waals surface area (Å²) in [6, 6.07) is 5.59. The molecule has 0 saturated carbocycles. The third-order valence-corrected chi connectivity index (χ3v) is 6.02. The first kappa shape index (κ1) is 16.1. The lowest BCUT2D eigenvalue weighted by Gasteiger charge is -2.34. The Hall–Kier alpha value is -0.250. The Bertz CT molecular complexity index is 446. The van der Waals surface area contributed by atoms with Gasteiger partial charge in [-0.05, 0) is 56.5 Å². The van der Waals surface area contributed by atoms with Crippen molar-refractivity contribution < 1.29 is 4.39 Å². The van der Waals surface area contributed by atoms with Crippen LogP contribution in [0.2, 0.25) is 5.02 Å². The van der Waals surface area contributed by atoms with Gasteiger partial charge >= 0.3 is 0 Å². The summed E-state index contributed by atoms with van der Waals surface area (Å²) in [5, 5.41) is 3.84. The summed E-state index contributed by atoms with van der Waals surface area (Å²) in [7, 11) is 0. The molecule has 2 unspecified atom stereocenters. The van der Waals surface area contributed by atoms with Crippen molar-refractivity contribution in [2.24, 2.45) is 0 Å². The van der Waals surface area contributed by atoms with Crippen LogP contribution in [0.25, 0.3) is 0 Å². The van der Waals surface area contributed by atoms with Gasteiger partial charge in [-0.3, -0.25) is 0 Å². The second-order valence-corrected chi connectivity index (χ2v) is 7.73. The minimum atomic E-state index is -0.260. The normalized spacial score (nSPS) is 24.0. The molecule has 2 rings (SSSR count). The van der Waals surface area contributed by atoms with Gasteiger partial charge in [-0.1, -0.05) is 30.7 Å². The molecule has 1 aromatic rings. The first-order valence-corrected chi connectivity index (χ1v) is 8.73. The fraction of sp³-hybridized carbons (Fsp3) is 0.625. The van der Waals surface area contributed by atoms with Gasteiger partial charge in [0.25, 0.3) is 0 Å². The predicted molar refractivity (Wildman–Crippen MR) is 87.3 cm³/mol. The highest BCUT2D eigenvalue weighted by atomic mass is 35.5. The maximum absolute atomic E-state index is 14.1. The number of nitrogens with one attached hydrogen (secondary N) is 1. The molecule has 0 spiro atoms. The van der Waals surface area contributed by atoms with Crippen LogP contribution in [0.4, 0.5) is 4.39 Å². The second-order valence-electron chi connectivity index (χ2n) is 5.69. The summed E-state index contributed by atoms with van der Waals surface area (Å²) >= 11 is 7.91. The summed E-state index contributed by atoms with van der Waals surface area (Å²) in [6.07, 6.45) is 4.25. The molecule has 20 heavy (non-hydrogen) atoms. The van der Waals surface area contributed by atoms with Gasteiger partial charge in [0.1, 0.15) is 5.82 Å². The molecule has 0 amide bonds. The minimum absolute atomic E-state index is 0.198. The number of halogens is 2. The molecular weight excluding hydrogens is 293 g/mol.